The number of hydrogen-bond acceptors (Lipinski definition) is 5. The molecule has 0 aliphatic carbocycles. The predicted molar refractivity (Wildman–Crippen MR) is 145 cm³/mol. The lowest BCUT2D eigenvalue weighted by Gasteiger charge is -2.14. The molecule has 0 saturated carbocycles. The molecule has 1 heterocycles. The van der Waals surface area contributed by atoms with Gasteiger partial charge >= 0.3 is 0 Å². The van der Waals surface area contributed by atoms with Crippen LogP contribution in [0.4, 0.5) is 21.6 Å². The third-order valence-corrected chi connectivity index (χ3v) is 6.13. The topological polar surface area (TPSA) is 50.3 Å². The van der Waals surface area contributed by atoms with Gasteiger partial charge in [0.25, 0.3) is 0 Å². The third kappa shape index (κ3) is 5.24. The molecule has 36 heavy (non-hydrogen) atoms. The molecule has 7 heteroatoms. The van der Waals surface area contributed by atoms with Crippen LogP contribution in [0.3, 0.4) is 0 Å². The van der Waals surface area contributed by atoms with Crippen molar-refractivity contribution in [2.75, 3.05) is 24.3 Å². The summed E-state index contributed by atoms with van der Waals surface area (Å²) >= 11 is 6.48. The average Bonchev–Trinajstić information content (AvgIpc) is 2.88. The Kier molecular flexibility index (Phi) is 6.69. The molecule has 0 aliphatic heterocycles. The van der Waals surface area contributed by atoms with Crippen LogP contribution in [0.5, 0.6) is 5.75 Å². The molecule has 0 unspecified atom stereocenters. The number of ether oxygens (including phenoxy) is 1. The van der Waals surface area contributed by atoms with E-state index in [1.54, 1.807) is 24.3 Å². The Balaban J connectivity index is 1.37. The van der Waals surface area contributed by atoms with Crippen LogP contribution in [0.15, 0.2) is 91.3 Å². The second-order valence-electron chi connectivity index (χ2n) is 8.58. The summed E-state index contributed by atoms with van der Waals surface area (Å²) in [7, 11) is 4.05. The van der Waals surface area contributed by atoms with Gasteiger partial charge in [-0.3, -0.25) is 0 Å². The molecular weight excluding hydrogens is 475 g/mol. The van der Waals surface area contributed by atoms with Crippen molar-refractivity contribution in [3.05, 3.63) is 108 Å². The van der Waals surface area contributed by atoms with Crippen molar-refractivity contribution in [1.29, 1.82) is 0 Å². The van der Waals surface area contributed by atoms with Crippen molar-refractivity contribution in [2.45, 2.75) is 6.61 Å². The molecule has 0 atom stereocenters. The maximum Gasteiger partial charge on any atom is 0.141 e. The van der Waals surface area contributed by atoms with Crippen molar-refractivity contribution in [3.8, 4) is 16.9 Å². The van der Waals surface area contributed by atoms with E-state index < -0.39 is 0 Å². The van der Waals surface area contributed by atoms with E-state index in [9.17, 15) is 4.39 Å². The van der Waals surface area contributed by atoms with Gasteiger partial charge in [-0.1, -0.05) is 41.9 Å². The van der Waals surface area contributed by atoms with Crippen LogP contribution in [0.1, 0.15) is 5.56 Å². The highest BCUT2D eigenvalue weighted by atomic mass is 35.5. The van der Waals surface area contributed by atoms with Gasteiger partial charge in [-0.05, 0) is 71.3 Å². The van der Waals surface area contributed by atoms with Crippen molar-refractivity contribution in [3.63, 3.8) is 0 Å². The van der Waals surface area contributed by atoms with Crippen LogP contribution in [-0.4, -0.2) is 24.1 Å². The second-order valence-corrected chi connectivity index (χ2v) is 8.99. The highest BCUT2D eigenvalue weighted by Gasteiger charge is 2.10. The van der Waals surface area contributed by atoms with Crippen LogP contribution in [0.2, 0.25) is 5.02 Å². The molecule has 0 fully saturated rings. The minimum Gasteiger partial charge on any atom is -0.487 e. The van der Waals surface area contributed by atoms with Gasteiger partial charge < -0.3 is 15.0 Å². The molecule has 0 spiro atoms. The molecule has 0 saturated heterocycles. The molecule has 1 aromatic heterocycles. The molecule has 0 bridgehead atoms. The number of nitrogens with one attached hydrogen (secondary N) is 1. The lowest BCUT2D eigenvalue weighted by molar-refractivity contribution is 0.306. The van der Waals surface area contributed by atoms with Crippen molar-refractivity contribution in [2.24, 2.45) is 0 Å². The summed E-state index contributed by atoms with van der Waals surface area (Å²) in [4.78, 5) is 11.0. The van der Waals surface area contributed by atoms with Gasteiger partial charge in [-0.2, -0.15) is 0 Å². The molecule has 5 rings (SSSR count). The Labute approximate surface area is 214 Å². The number of hydrogen-bond donors (Lipinski definition) is 1. The van der Waals surface area contributed by atoms with Crippen LogP contribution < -0.4 is 15.0 Å². The van der Waals surface area contributed by atoms with E-state index in [-0.39, 0.29) is 12.4 Å². The number of fused-ring (bicyclic) bond motifs is 1. The molecule has 0 aliphatic rings. The fourth-order valence-electron chi connectivity index (χ4n) is 3.91. The van der Waals surface area contributed by atoms with Gasteiger partial charge in [-0.25, -0.2) is 14.4 Å². The molecule has 5 nitrogen and oxygen atoms in total. The lowest BCUT2D eigenvalue weighted by atomic mass is 10.0. The summed E-state index contributed by atoms with van der Waals surface area (Å²) in [5.41, 5.74) is 5.66. The van der Waals surface area contributed by atoms with Gasteiger partial charge in [0.2, 0.25) is 0 Å². The number of halogens is 2. The van der Waals surface area contributed by atoms with Crippen LogP contribution >= 0.6 is 11.6 Å². The smallest absolute Gasteiger partial charge is 0.141 e. The van der Waals surface area contributed by atoms with E-state index in [2.05, 4.69) is 56.6 Å². The summed E-state index contributed by atoms with van der Waals surface area (Å²) in [6, 6.07) is 26.3. The third-order valence-electron chi connectivity index (χ3n) is 5.83. The Hall–Kier alpha value is -4.16. The SMILES string of the molecule is CN(C)c1ccc(-c2ccc3ncnc(Nc4ccc(OCc5cccc(F)c5)c(Cl)c4)c3c2)cc1. The fraction of sp³-hybridized carbons (Fsp3) is 0.103. The minimum atomic E-state index is -0.299. The maximum absolute atomic E-state index is 13.4. The van der Waals surface area contributed by atoms with Crippen LogP contribution in [-0.2, 0) is 6.61 Å². The van der Waals surface area contributed by atoms with Crippen molar-refractivity contribution >= 4 is 39.7 Å². The van der Waals surface area contributed by atoms with Crippen LogP contribution in [0, 0.1) is 5.82 Å². The summed E-state index contributed by atoms with van der Waals surface area (Å²) in [6.07, 6.45) is 1.54. The zero-order chi connectivity index (χ0) is 25.1. The first-order chi connectivity index (χ1) is 17.5. The number of anilines is 3. The zero-order valence-corrected chi connectivity index (χ0v) is 20.6. The zero-order valence-electron chi connectivity index (χ0n) is 19.9. The number of nitrogens with zero attached hydrogens (tertiary/aromatic N) is 3. The van der Waals surface area contributed by atoms with Gasteiger partial charge in [0.15, 0.2) is 0 Å². The first-order valence-corrected chi connectivity index (χ1v) is 11.8. The normalized spacial score (nSPS) is 10.9. The Bertz CT molecular complexity index is 1520. The number of benzene rings is 4. The largest absolute Gasteiger partial charge is 0.487 e. The van der Waals surface area contributed by atoms with E-state index >= 15 is 0 Å². The molecular formula is C29H24ClFN4O. The molecule has 5 aromatic rings. The Morgan fingerprint density at radius 3 is 2.44 bits per heavy atom. The van der Waals surface area contributed by atoms with Crippen LogP contribution in [0.25, 0.3) is 22.0 Å². The maximum atomic E-state index is 13.4. The van der Waals surface area contributed by atoms with Crippen molar-refractivity contribution < 1.29 is 9.13 Å². The van der Waals surface area contributed by atoms with E-state index in [1.807, 2.05) is 26.2 Å². The summed E-state index contributed by atoms with van der Waals surface area (Å²) in [5, 5.41) is 4.69. The van der Waals surface area contributed by atoms with E-state index in [0.717, 1.165) is 39.0 Å². The average molecular weight is 499 g/mol. The summed E-state index contributed by atoms with van der Waals surface area (Å²) in [5.74, 6) is 0.895. The highest BCUT2D eigenvalue weighted by molar-refractivity contribution is 6.32. The Morgan fingerprint density at radius 1 is 0.889 bits per heavy atom. The quantitative estimate of drug-likeness (QED) is 0.252. The number of rotatable bonds is 7. The first-order valence-electron chi connectivity index (χ1n) is 11.4. The predicted octanol–water partition coefficient (Wildman–Crippen LogP) is 7.48. The van der Waals surface area contributed by atoms with E-state index in [0.29, 0.717) is 16.6 Å². The molecule has 0 radical (unpaired) electrons. The standard InChI is InChI=1S/C29H24ClFN4O/c1-35(2)24-10-6-20(7-11-24)21-8-12-27-25(15-21)29(33-18-32-27)34-23-9-13-28(26(30)16-23)36-17-19-4-3-5-22(31)14-19/h3-16,18H,17H2,1-2H3,(H,32,33,34). The highest BCUT2D eigenvalue weighted by Crippen LogP contribution is 2.32. The first kappa shape index (κ1) is 23.6. The fourth-order valence-corrected chi connectivity index (χ4v) is 4.14. The molecule has 4 aromatic carbocycles. The van der Waals surface area contributed by atoms with E-state index in [4.69, 9.17) is 16.3 Å². The minimum absolute atomic E-state index is 0.221. The molecule has 0 amide bonds. The van der Waals surface area contributed by atoms with Gasteiger partial charge in [-0.15, -0.1) is 0 Å². The monoisotopic (exact) mass is 498 g/mol. The molecule has 180 valence electrons. The van der Waals surface area contributed by atoms with Crippen molar-refractivity contribution in [1.82, 2.24) is 9.97 Å². The number of aromatic nitrogens is 2. The lowest BCUT2D eigenvalue weighted by Crippen LogP contribution is -2.07. The van der Waals surface area contributed by atoms with Gasteiger partial charge in [0.05, 0.1) is 10.5 Å². The van der Waals surface area contributed by atoms with Gasteiger partial charge in [0, 0.05) is 30.9 Å². The second kappa shape index (κ2) is 10.2. The van der Waals surface area contributed by atoms with Gasteiger partial charge in [0.1, 0.15) is 30.3 Å². The summed E-state index contributed by atoms with van der Waals surface area (Å²) in [6.45, 7) is 0.221. The van der Waals surface area contributed by atoms with E-state index in [1.165, 1.54) is 18.5 Å². The Morgan fingerprint density at radius 2 is 1.69 bits per heavy atom. The summed E-state index contributed by atoms with van der Waals surface area (Å²) < 4.78 is 19.2. The molecule has 1 N–H and O–H groups in total.